The molecule has 4 heteroatoms. The molecule has 0 radical (unpaired) electrons. The predicted octanol–water partition coefficient (Wildman–Crippen LogP) is 1.69. The molecular weight excluding hydrogens is 226 g/mol. The summed E-state index contributed by atoms with van der Waals surface area (Å²) in [5, 5.41) is 15.0. The Morgan fingerprint density at radius 3 is 2.72 bits per heavy atom. The van der Waals surface area contributed by atoms with Gasteiger partial charge in [-0.25, -0.2) is 0 Å². The molecule has 4 nitrogen and oxygen atoms in total. The quantitative estimate of drug-likeness (QED) is 0.856. The molecule has 0 aromatic carbocycles. The molecule has 1 saturated carbocycles. The van der Waals surface area contributed by atoms with Crippen LogP contribution in [-0.2, 0) is 6.54 Å². The highest BCUT2D eigenvalue weighted by Crippen LogP contribution is 2.37. The fourth-order valence-corrected chi connectivity index (χ4v) is 3.09. The third kappa shape index (κ3) is 2.31. The number of rotatable bonds is 4. The molecule has 0 amide bonds. The zero-order valence-corrected chi connectivity index (χ0v) is 11.7. The minimum atomic E-state index is -0.634. The van der Waals surface area contributed by atoms with Crippen molar-refractivity contribution in [2.75, 3.05) is 6.54 Å². The minimum absolute atomic E-state index is 0.326. The van der Waals surface area contributed by atoms with Crippen LogP contribution in [-0.4, -0.2) is 27.0 Å². The molecule has 3 N–H and O–H groups in total. The average molecular weight is 251 g/mol. The van der Waals surface area contributed by atoms with Gasteiger partial charge in [0.2, 0.25) is 0 Å². The van der Waals surface area contributed by atoms with Gasteiger partial charge in [-0.3, -0.25) is 4.68 Å². The highest BCUT2D eigenvalue weighted by atomic mass is 16.3. The third-order valence-electron chi connectivity index (χ3n) is 4.71. The van der Waals surface area contributed by atoms with Gasteiger partial charge in [0.1, 0.15) is 0 Å². The maximum Gasteiger partial charge on any atom is 0.0798 e. The minimum Gasteiger partial charge on any atom is -0.388 e. The molecule has 102 valence electrons. The predicted molar refractivity (Wildman–Crippen MR) is 72.4 cm³/mol. The van der Waals surface area contributed by atoms with Crippen LogP contribution in [0.4, 0.5) is 0 Å². The first-order valence-corrected chi connectivity index (χ1v) is 6.91. The van der Waals surface area contributed by atoms with E-state index in [1.54, 1.807) is 0 Å². The number of aliphatic hydroxyl groups is 1. The number of hydrogen-bond acceptors (Lipinski definition) is 3. The summed E-state index contributed by atoms with van der Waals surface area (Å²) < 4.78 is 2.07. The fraction of sp³-hybridized carbons (Fsp3) is 0.786. The second-order valence-corrected chi connectivity index (χ2v) is 5.70. The first kappa shape index (κ1) is 13.6. The molecule has 2 rings (SSSR count). The Labute approximate surface area is 109 Å². The molecule has 2 atom stereocenters. The van der Waals surface area contributed by atoms with Crippen molar-refractivity contribution in [3.63, 3.8) is 0 Å². The topological polar surface area (TPSA) is 64.1 Å². The van der Waals surface area contributed by atoms with Crippen LogP contribution >= 0.6 is 0 Å². The molecule has 1 heterocycles. The second-order valence-electron chi connectivity index (χ2n) is 5.70. The van der Waals surface area contributed by atoms with Gasteiger partial charge in [0.25, 0.3) is 0 Å². The van der Waals surface area contributed by atoms with E-state index in [0.29, 0.717) is 12.5 Å². The molecule has 2 unspecified atom stereocenters. The molecule has 1 aromatic rings. The number of hydrogen-bond donors (Lipinski definition) is 2. The van der Waals surface area contributed by atoms with E-state index in [0.717, 1.165) is 37.9 Å². The van der Waals surface area contributed by atoms with Crippen molar-refractivity contribution < 1.29 is 5.11 Å². The largest absolute Gasteiger partial charge is 0.388 e. The normalized spacial score (nSPS) is 27.9. The lowest BCUT2D eigenvalue weighted by atomic mass is 9.88. The van der Waals surface area contributed by atoms with Crippen molar-refractivity contribution in [2.24, 2.45) is 11.7 Å². The molecule has 0 saturated heterocycles. The summed E-state index contributed by atoms with van der Waals surface area (Å²) in [6.45, 7) is 7.53. The van der Waals surface area contributed by atoms with Crippen molar-refractivity contribution in [1.82, 2.24) is 9.78 Å². The Bertz CT molecular complexity index is 427. The standard InChI is InChI=1S/C14H25N3O/c1-10-11(2)16-17(12(10)3)8-6-13-5-4-7-14(13,18)9-15/h13,18H,4-9,15H2,1-3H3. The van der Waals surface area contributed by atoms with Crippen molar-refractivity contribution >= 4 is 0 Å². The number of nitrogens with zero attached hydrogens (tertiary/aromatic N) is 2. The van der Waals surface area contributed by atoms with Crippen LogP contribution in [0.25, 0.3) is 0 Å². The van der Waals surface area contributed by atoms with Crippen LogP contribution in [0.5, 0.6) is 0 Å². The molecule has 18 heavy (non-hydrogen) atoms. The van der Waals surface area contributed by atoms with E-state index >= 15 is 0 Å². The van der Waals surface area contributed by atoms with E-state index in [1.165, 1.54) is 11.3 Å². The summed E-state index contributed by atoms with van der Waals surface area (Å²) in [7, 11) is 0. The number of nitrogens with two attached hydrogens (primary N) is 1. The van der Waals surface area contributed by atoms with E-state index in [2.05, 4.69) is 23.6 Å². The van der Waals surface area contributed by atoms with Crippen molar-refractivity contribution in [3.8, 4) is 0 Å². The fourth-order valence-electron chi connectivity index (χ4n) is 3.09. The summed E-state index contributed by atoms with van der Waals surface area (Å²) in [6.07, 6.45) is 4.00. The van der Waals surface area contributed by atoms with Crippen LogP contribution in [0.15, 0.2) is 0 Å². The van der Waals surface area contributed by atoms with E-state index in [4.69, 9.17) is 5.73 Å². The third-order valence-corrected chi connectivity index (χ3v) is 4.71. The van der Waals surface area contributed by atoms with Gasteiger partial charge in [0.05, 0.1) is 11.3 Å². The maximum atomic E-state index is 10.4. The Balaban J connectivity index is 2.01. The van der Waals surface area contributed by atoms with Crippen LogP contribution in [0, 0.1) is 26.7 Å². The Morgan fingerprint density at radius 1 is 1.44 bits per heavy atom. The highest BCUT2D eigenvalue weighted by Gasteiger charge is 2.39. The van der Waals surface area contributed by atoms with Gasteiger partial charge in [-0.1, -0.05) is 6.42 Å². The average Bonchev–Trinajstić information content (AvgIpc) is 2.84. The lowest BCUT2D eigenvalue weighted by molar-refractivity contribution is 0.00622. The van der Waals surface area contributed by atoms with E-state index < -0.39 is 5.60 Å². The lowest BCUT2D eigenvalue weighted by Crippen LogP contribution is -2.41. The molecule has 0 bridgehead atoms. The SMILES string of the molecule is Cc1nn(CCC2CCCC2(O)CN)c(C)c1C. The summed E-state index contributed by atoms with van der Waals surface area (Å²) in [4.78, 5) is 0. The molecule has 1 fully saturated rings. The van der Waals surface area contributed by atoms with Gasteiger partial charge in [0, 0.05) is 18.8 Å². The zero-order valence-electron chi connectivity index (χ0n) is 11.7. The van der Waals surface area contributed by atoms with Gasteiger partial charge in [0.15, 0.2) is 0 Å². The first-order chi connectivity index (χ1) is 8.48. The lowest BCUT2D eigenvalue weighted by Gasteiger charge is -2.28. The van der Waals surface area contributed by atoms with E-state index in [1.807, 2.05) is 6.92 Å². The smallest absolute Gasteiger partial charge is 0.0798 e. The molecular formula is C14H25N3O. The van der Waals surface area contributed by atoms with Gasteiger partial charge in [-0.15, -0.1) is 0 Å². The summed E-state index contributed by atoms with van der Waals surface area (Å²) in [5.74, 6) is 0.326. The van der Waals surface area contributed by atoms with Crippen LogP contribution in [0.1, 0.15) is 42.6 Å². The molecule has 0 aliphatic heterocycles. The molecule has 0 spiro atoms. The van der Waals surface area contributed by atoms with Crippen LogP contribution in [0.2, 0.25) is 0 Å². The van der Waals surface area contributed by atoms with Crippen LogP contribution < -0.4 is 5.73 Å². The van der Waals surface area contributed by atoms with Gasteiger partial charge >= 0.3 is 0 Å². The summed E-state index contributed by atoms with van der Waals surface area (Å²) >= 11 is 0. The van der Waals surface area contributed by atoms with E-state index in [-0.39, 0.29) is 0 Å². The first-order valence-electron chi connectivity index (χ1n) is 6.91. The number of aromatic nitrogens is 2. The van der Waals surface area contributed by atoms with Crippen molar-refractivity contribution in [2.45, 2.75) is 58.6 Å². The van der Waals surface area contributed by atoms with Crippen molar-refractivity contribution in [1.29, 1.82) is 0 Å². The van der Waals surface area contributed by atoms with Gasteiger partial charge < -0.3 is 10.8 Å². The van der Waals surface area contributed by atoms with Gasteiger partial charge in [-0.2, -0.15) is 5.10 Å². The number of aryl methyl sites for hydroxylation is 2. The Kier molecular flexibility index (Phi) is 3.78. The summed E-state index contributed by atoms with van der Waals surface area (Å²) in [6, 6.07) is 0. The monoisotopic (exact) mass is 251 g/mol. The van der Waals surface area contributed by atoms with E-state index in [9.17, 15) is 5.11 Å². The highest BCUT2D eigenvalue weighted by molar-refractivity contribution is 5.22. The Morgan fingerprint density at radius 2 is 2.17 bits per heavy atom. The molecule has 1 aliphatic rings. The van der Waals surface area contributed by atoms with Gasteiger partial charge in [-0.05, 0) is 51.5 Å². The Hall–Kier alpha value is -0.870. The summed E-state index contributed by atoms with van der Waals surface area (Å²) in [5.41, 5.74) is 8.70. The zero-order chi connectivity index (χ0) is 13.3. The van der Waals surface area contributed by atoms with Crippen molar-refractivity contribution in [3.05, 3.63) is 17.0 Å². The second kappa shape index (κ2) is 5.02. The molecule has 1 aliphatic carbocycles. The van der Waals surface area contributed by atoms with Crippen LogP contribution in [0.3, 0.4) is 0 Å². The molecule has 1 aromatic heterocycles. The maximum absolute atomic E-state index is 10.4.